The van der Waals surface area contributed by atoms with Crippen molar-refractivity contribution in [3.8, 4) is 5.75 Å². The smallest absolute Gasteiger partial charge is 0.264 e. The molecule has 246 valence electrons. The van der Waals surface area contributed by atoms with Crippen LogP contribution >= 0.6 is 0 Å². The van der Waals surface area contributed by atoms with Gasteiger partial charge in [0.1, 0.15) is 5.75 Å². The Bertz CT molecular complexity index is 1570. The summed E-state index contributed by atoms with van der Waals surface area (Å²) in [5, 5.41) is 25.5. The number of hydrogen-bond acceptors (Lipinski definition) is 8. The Morgan fingerprint density at radius 2 is 2.02 bits per heavy atom. The Labute approximate surface area is 271 Å². The Morgan fingerprint density at radius 3 is 2.72 bits per heavy atom. The fourth-order valence-corrected chi connectivity index (χ4v) is 12.1. The summed E-state index contributed by atoms with van der Waals surface area (Å²) >= 11 is 0. The molecule has 2 amide bonds. The van der Waals surface area contributed by atoms with Gasteiger partial charge in [0.15, 0.2) is 5.60 Å². The third-order valence-electron chi connectivity index (χ3n) is 10.5. The summed E-state index contributed by atoms with van der Waals surface area (Å²) in [6.45, 7) is 9.08. The Hall–Kier alpha value is -3.58. The number of fused-ring (bicyclic) bond motifs is 2. The number of aryl methyl sites for hydroxylation is 1. The molecular weight excluding hydrogens is 600 g/mol. The number of carbonyl (C=O) groups is 2. The van der Waals surface area contributed by atoms with Gasteiger partial charge in [-0.25, -0.2) is 0 Å². The van der Waals surface area contributed by atoms with Crippen LogP contribution < -0.4 is 25.5 Å². The van der Waals surface area contributed by atoms with Gasteiger partial charge in [-0.3, -0.25) is 14.3 Å². The van der Waals surface area contributed by atoms with Crippen molar-refractivity contribution in [3.63, 3.8) is 0 Å². The van der Waals surface area contributed by atoms with Crippen LogP contribution in [-0.4, -0.2) is 79.9 Å². The summed E-state index contributed by atoms with van der Waals surface area (Å²) in [5.41, 5.74) is 1.93. The van der Waals surface area contributed by atoms with Crippen LogP contribution in [0.5, 0.6) is 5.75 Å². The van der Waals surface area contributed by atoms with E-state index in [-0.39, 0.29) is 41.9 Å². The number of nitrogens with one attached hydrogen (secondary N) is 2. The molecule has 3 N–H and O–H groups in total. The number of rotatable bonds is 10. The van der Waals surface area contributed by atoms with E-state index in [9.17, 15) is 14.7 Å². The number of amides is 2. The molecule has 3 aromatic rings. The molecule has 0 radical (unpaired) electrons. The minimum Gasteiger partial charge on any atom is -0.497 e. The van der Waals surface area contributed by atoms with Crippen LogP contribution in [0.15, 0.2) is 48.7 Å². The summed E-state index contributed by atoms with van der Waals surface area (Å²) in [4.78, 5) is 29.3. The Morgan fingerprint density at radius 1 is 1.24 bits per heavy atom. The number of nitrogens with zero attached hydrogens (tertiary/aromatic N) is 4. The van der Waals surface area contributed by atoms with Crippen LogP contribution in [-0.2, 0) is 32.9 Å². The quantitative estimate of drug-likeness (QED) is 0.287. The Kier molecular flexibility index (Phi) is 9.08. The van der Waals surface area contributed by atoms with Crippen molar-refractivity contribution in [1.82, 2.24) is 20.3 Å². The number of carbonyl (C=O) groups excluding carboxylic acids is 2. The number of ether oxygens (including phenoxy) is 2. The van der Waals surface area contributed by atoms with Crippen LogP contribution in [0.1, 0.15) is 37.4 Å². The summed E-state index contributed by atoms with van der Waals surface area (Å²) in [6, 6.07) is 14.1. The molecule has 2 aromatic carbocycles. The lowest BCUT2D eigenvalue weighted by atomic mass is 9.82. The normalized spacial score (nSPS) is 26.0. The SMILES string of the molecule is COc1ccc([Si](C)(C)[C@H]2[C@H](CCn3cc(CCO)nn3)O[C@@]3(C(=O)N(C)c4ccc(NC(=O)C5CCCNC5)cc43)[C@@H]2C)cc1. The van der Waals surface area contributed by atoms with Crippen molar-refractivity contribution >= 4 is 36.4 Å². The molecule has 2 fully saturated rings. The molecule has 5 atom stereocenters. The highest BCUT2D eigenvalue weighted by Crippen LogP contribution is 2.60. The third-order valence-corrected chi connectivity index (χ3v) is 14.9. The van der Waals surface area contributed by atoms with E-state index in [0.29, 0.717) is 31.6 Å². The van der Waals surface area contributed by atoms with Crippen LogP contribution in [0.3, 0.4) is 0 Å². The van der Waals surface area contributed by atoms with Crippen molar-refractivity contribution < 1.29 is 24.2 Å². The van der Waals surface area contributed by atoms with Gasteiger partial charge >= 0.3 is 0 Å². The zero-order chi connectivity index (χ0) is 32.6. The summed E-state index contributed by atoms with van der Waals surface area (Å²) < 4.78 is 14.4. The molecule has 3 aliphatic rings. The molecule has 12 heteroatoms. The number of likely N-dealkylation sites (N-methyl/N-ethyl adjacent to an activating group) is 1. The molecule has 1 spiro atoms. The summed E-state index contributed by atoms with van der Waals surface area (Å²) in [6.07, 6.45) is 4.56. The summed E-state index contributed by atoms with van der Waals surface area (Å²) in [5.74, 6) is 0.500. The zero-order valence-electron chi connectivity index (χ0n) is 27.5. The first-order valence-electron chi connectivity index (χ1n) is 16.4. The van der Waals surface area contributed by atoms with E-state index in [1.165, 1.54) is 5.19 Å². The van der Waals surface area contributed by atoms with E-state index in [4.69, 9.17) is 9.47 Å². The molecule has 0 saturated carbocycles. The van der Waals surface area contributed by atoms with Gasteiger partial charge in [-0.2, -0.15) is 0 Å². The molecule has 0 bridgehead atoms. The third kappa shape index (κ3) is 5.65. The fourth-order valence-electron chi connectivity index (χ4n) is 8.02. The lowest BCUT2D eigenvalue weighted by Crippen LogP contribution is -2.51. The molecule has 1 unspecified atom stereocenters. The molecule has 46 heavy (non-hydrogen) atoms. The number of benzene rings is 2. The van der Waals surface area contributed by atoms with Gasteiger partial charge < -0.3 is 30.1 Å². The molecule has 1 aromatic heterocycles. The first kappa shape index (κ1) is 32.4. The average molecular weight is 647 g/mol. The number of aliphatic hydroxyl groups is 1. The topological polar surface area (TPSA) is 131 Å². The van der Waals surface area contributed by atoms with E-state index in [1.54, 1.807) is 16.7 Å². The van der Waals surface area contributed by atoms with Crippen molar-refractivity contribution in [2.75, 3.05) is 44.1 Å². The highest BCUT2D eigenvalue weighted by molar-refractivity contribution is 6.91. The standard InChI is InChI=1S/C34H46N6O5Si/c1-22-31(46(4,5)27-11-9-26(44-3)10-12-27)30(14-17-40-21-25(15-18-41)37-38-40)45-34(22)28-19-24(8-13-29(28)39(2)33(34)43)36-32(42)23-7-6-16-35-20-23/h8-13,19,21-23,30-31,35,41H,6-7,14-18,20H2,1-5H3,(H,36,42)/t22-,23?,30+,31-,34+/m1/s1. The van der Waals surface area contributed by atoms with Crippen LogP contribution in [0, 0.1) is 11.8 Å². The van der Waals surface area contributed by atoms with Crippen molar-refractivity contribution in [3.05, 3.63) is 59.9 Å². The van der Waals surface area contributed by atoms with Crippen LogP contribution in [0.4, 0.5) is 11.4 Å². The number of aromatic nitrogens is 3. The second kappa shape index (κ2) is 12.9. The van der Waals surface area contributed by atoms with Crippen molar-refractivity contribution in [2.24, 2.45) is 11.8 Å². The molecule has 11 nitrogen and oxygen atoms in total. The fraction of sp³-hybridized carbons (Fsp3) is 0.529. The predicted octanol–water partition coefficient (Wildman–Crippen LogP) is 3.04. The average Bonchev–Trinajstić information content (AvgIpc) is 3.70. The molecule has 2 saturated heterocycles. The molecule has 4 heterocycles. The molecular formula is C34H46N6O5Si. The lowest BCUT2D eigenvalue weighted by Gasteiger charge is -2.37. The zero-order valence-corrected chi connectivity index (χ0v) is 28.5. The van der Waals surface area contributed by atoms with Gasteiger partial charge in [-0.1, -0.05) is 42.6 Å². The van der Waals surface area contributed by atoms with Crippen LogP contribution in [0.25, 0.3) is 0 Å². The first-order chi connectivity index (χ1) is 22.1. The number of aliphatic hydroxyl groups excluding tert-OH is 1. The van der Waals surface area contributed by atoms with E-state index in [0.717, 1.165) is 42.1 Å². The lowest BCUT2D eigenvalue weighted by molar-refractivity contribution is -0.145. The maximum absolute atomic E-state index is 14.4. The maximum atomic E-state index is 14.4. The van der Waals surface area contributed by atoms with Gasteiger partial charge in [0.05, 0.1) is 38.6 Å². The van der Waals surface area contributed by atoms with Crippen LogP contribution in [0.2, 0.25) is 18.6 Å². The largest absolute Gasteiger partial charge is 0.497 e. The Balaban J connectivity index is 1.36. The van der Waals surface area contributed by atoms with E-state index in [1.807, 2.05) is 43.6 Å². The van der Waals surface area contributed by atoms with Gasteiger partial charge in [-0.05, 0) is 61.7 Å². The van der Waals surface area contributed by atoms with E-state index >= 15 is 0 Å². The van der Waals surface area contributed by atoms with Gasteiger partial charge in [-0.15, -0.1) is 5.10 Å². The second-order valence-corrected chi connectivity index (χ2v) is 18.2. The van der Waals surface area contributed by atoms with Crippen molar-refractivity contribution in [1.29, 1.82) is 0 Å². The number of hydrogen-bond donors (Lipinski definition) is 3. The first-order valence-corrected chi connectivity index (χ1v) is 19.4. The van der Waals surface area contributed by atoms with E-state index < -0.39 is 13.7 Å². The highest BCUT2D eigenvalue weighted by Gasteiger charge is 2.65. The summed E-state index contributed by atoms with van der Waals surface area (Å²) in [7, 11) is 1.19. The van der Waals surface area contributed by atoms with Gasteiger partial charge in [0.25, 0.3) is 5.91 Å². The monoisotopic (exact) mass is 646 g/mol. The molecule has 6 rings (SSSR count). The maximum Gasteiger partial charge on any atom is 0.264 e. The highest BCUT2D eigenvalue weighted by atomic mass is 28.3. The van der Waals surface area contributed by atoms with Gasteiger partial charge in [0, 0.05) is 56.5 Å². The predicted molar refractivity (Wildman–Crippen MR) is 179 cm³/mol. The van der Waals surface area contributed by atoms with Gasteiger partial charge in [0.2, 0.25) is 5.91 Å². The minimum atomic E-state index is -2.29. The minimum absolute atomic E-state index is 0.00327. The number of piperidine rings is 1. The van der Waals surface area contributed by atoms with Crippen molar-refractivity contribution in [2.45, 2.75) is 69.5 Å². The van der Waals surface area contributed by atoms with E-state index in [2.05, 4.69) is 53.1 Å². The molecule has 3 aliphatic heterocycles. The number of anilines is 2. The molecule has 0 aliphatic carbocycles. The second-order valence-electron chi connectivity index (χ2n) is 13.5. The number of methoxy groups -OCH3 is 1.